The molecule has 2 aromatic carbocycles. The van der Waals surface area contributed by atoms with Crippen molar-refractivity contribution in [3.8, 4) is 6.07 Å². The number of hydrogen-bond donors (Lipinski definition) is 2. The van der Waals surface area contributed by atoms with Crippen molar-refractivity contribution in [3.05, 3.63) is 65.5 Å². The molecule has 0 aliphatic rings. The Hall–Kier alpha value is -3.02. The molecule has 0 fully saturated rings. The van der Waals surface area contributed by atoms with Gasteiger partial charge in [0.1, 0.15) is 17.7 Å². The van der Waals surface area contributed by atoms with E-state index in [1.807, 2.05) is 25.1 Å². The minimum absolute atomic E-state index is 0.0141. The van der Waals surface area contributed by atoms with E-state index in [4.69, 9.17) is 0 Å². The second-order valence-electron chi connectivity index (χ2n) is 6.32. The number of aryl methyl sites for hydroxylation is 1. The van der Waals surface area contributed by atoms with Crippen molar-refractivity contribution in [3.63, 3.8) is 0 Å². The third-order valence-corrected chi connectivity index (χ3v) is 5.63. The fourth-order valence-corrected chi connectivity index (χ4v) is 3.77. The monoisotopic (exact) mass is 398 g/mol. The number of pyridine rings is 1. The first-order valence-electron chi connectivity index (χ1n) is 8.70. The molecule has 0 aliphatic carbocycles. The summed E-state index contributed by atoms with van der Waals surface area (Å²) in [7, 11) is -3.68. The number of anilines is 1. The van der Waals surface area contributed by atoms with E-state index in [0.29, 0.717) is 24.3 Å². The summed E-state index contributed by atoms with van der Waals surface area (Å²) in [5.41, 5.74) is 2.30. The maximum absolute atomic E-state index is 12.9. The fourth-order valence-electron chi connectivity index (χ4n) is 2.70. The first-order valence-corrected chi connectivity index (χ1v) is 10.2. The molecule has 0 aliphatic heterocycles. The second-order valence-corrected chi connectivity index (χ2v) is 8.09. The van der Waals surface area contributed by atoms with E-state index in [1.54, 1.807) is 6.07 Å². The zero-order valence-corrected chi connectivity index (χ0v) is 16.1. The number of sulfonamides is 1. The Morgan fingerprint density at radius 1 is 1.11 bits per heavy atom. The van der Waals surface area contributed by atoms with Crippen LogP contribution in [0, 0.1) is 24.1 Å². The summed E-state index contributed by atoms with van der Waals surface area (Å²) < 4.78 is 39.7. The number of nitrogens with one attached hydrogen (secondary N) is 2. The van der Waals surface area contributed by atoms with Gasteiger partial charge in [0.15, 0.2) is 0 Å². The highest BCUT2D eigenvalue weighted by Gasteiger charge is 2.13. The number of hydrogen-bond acceptors (Lipinski definition) is 5. The molecule has 0 bridgehead atoms. The summed E-state index contributed by atoms with van der Waals surface area (Å²) >= 11 is 0. The van der Waals surface area contributed by atoms with Crippen molar-refractivity contribution in [2.75, 3.05) is 18.4 Å². The van der Waals surface area contributed by atoms with Crippen LogP contribution in [-0.2, 0) is 10.0 Å². The van der Waals surface area contributed by atoms with Crippen LogP contribution in [0.25, 0.3) is 10.9 Å². The molecule has 0 spiro atoms. The van der Waals surface area contributed by atoms with E-state index in [1.165, 1.54) is 12.1 Å². The molecule has 0 amide bonds. The van der Waals surface area contributed by atoms with E-state index in [0.717, 1.165) is 28.6 Å². The Kier molecular flexibility index (Phi) is 5.87. The quantitative estimate of drug-likeness (QED) is 0.595. The van der Waals surface area contributed by atoms with Gasteiger partial charge in [-0.2, -0.15) is 5.26 Å². The third-order valence-electron chi connectivity index (χ3n) is 4.16. The number of nitriles is 1. The number of rotatable bonds is 7. The summed E-state index contributed by atoms with van der Waals surface area (Å²) in [5, 5.41) is 13.3. The number of fused-ring (bicyclic) bond motifs is 1. The summed E-state index contributed by atoms with van der Waals surface area (Å²) in [6.45, 7) is 2.60. The SMILES string of the molecule is Cc1ccc2cc(C#N)c(NCCCNS(=O)(=O)c3ccc(F)cc3)nc2c1. The van der Waals surface area contributed by atoms with Crippen molar-refractivity contribution >= 4 is 26.7 Å². The van der Waals surface area contributed by atoms with Gasteiger partial charge < -0.3 is 5.32 Å². The van der Waals surface area contributed by atoms with Crippen LogP contribution in [0.2, 0.25) is 0 Å². The average molecular weight is 398 g/mol. The van der Waals surface area contributed by atoms with E-state index in [9.17, 15) is 18.1 Å². The lowest BCUT2D eigenvalue weighted by Gasteiger charge is -2.10. The van der Waals surface area contributed by atoms with Gasteiger partial charge in [0.05, 0.1) is 16.0 Å². The molecule has 8 heteroatoms. The number of benzene rings is 2. The average Bonchev–Trinajstić information content (AvgIpc) is 2.67. The van der Waals surface area contributed by atoms with E-state index < -0.39 is 15.8 Å². The van der Waals surface area contributed by atoms with E-state index in [-0.39, 0.29) is 11.4 Å². The van der Waals surface area contributed by atoms with Gasteiger partial charge in [-0.25, -0.2) is 22.5 Å². The van der Waals surface area contributed by atoms with Crippen LogP contribution >= 0.6 is 0 Å². The third kappa shape index (κ3) is 4.63. The summed E-state index contributed by atoms with van der Waals surface area (Å²) in [6.07, 6.45) is 0.485. The van der Waals surface area contributed by atoms with Crippen LogP contribution in [-0.4, -0.2) is 26.5 Å². The summed E-state index contributed by atoms with van der Waals surface area (Å²) in [5.74, 6) is -0.0171. The van der Waals surface area contributed by atoms with Gasteiger partial charge in [0.2, 0.25) is 10.0 Å². The minimum Gasteiger partial charge on any atom is -0.369 e. The zero-order valence-electron chi connectivity index (χ0n) is 15.2. The lowest BCUT2D eigenvalue weighted by Crippen LogP contribution is -2.26. The molecule has 3 rings (SSSR count). The Balaban J connectivity index is 1.59. The molecule has 1 heterocycles. The first kappa shape index (κ1) is 19.7. The number of aromatic nitrogens is 1. The van der Waals surface area contributed by atoms with Gasteiger partial charge in [-0.05, 0) is 55.3 Å². The Labute approximate surface area is 163 Å². The molecule has 0 saturated heterocycles. The van der Waals surface area contributed by atoms with Crippen LogP contribution in [0.1, 0.15) is 17.5 Å². The fraction of sp³-hybridized carbons (Fsp3) is 0.200. The van der Waals surface area contributed by atoms with Crippen molar-refractivity contribution < 1.29 is 12.8 Å². The second kappa shape index (κ2) is 8.33. The summed E-state index contributed by atoms with van der Waals surface area (Å²) in [4.78, 5) is 4.52. The van der Waals surface area contributed by atoms with E-state index in [2.05, 4.69) is 21.1 Å². The Morgan fingerprint density at radius 3 is 2.57 bits per heavy atom. The molecular formula is C20H19FN4O2S. The van der Waals surface area contributed by atoms with Gasteiger partial charge in [0, 0.05) is 18.5 Å². The van der Waals surface area contributed by atoms with Crippen molar-refractivity contribution in [2.24, 2.45) is 0 Å². The maximum Gasteiger partial charge on any atom is 0.240 e. The molecule has 1 aromatic heterocycles. The van der Waals surface area contributed by atoms with Gasteiger partial charge in [-0.15, -0.1) is 0 Å². The Bertz CT molecular complexity index is 1140. The zero-order chi connectivity index (χ0) is 20.1. The van der Waals surface area contributed by atoms with Crippen LogP contribution in [0.5, 0.6) is 0 Å². The lowest BCUT2D eigenvalue weighted by atomic mass is 10.1. The highest BCUT2D eigenvalue weighted by molar-refractivity contribution is 7.89. The van der Waals surface area contributed by atoms with Crippen molar-refractivity contribution in [1.82, 2.24) is 9.71 Å². The molecule has 3 aromatic rings. The molecule has 2 N–H and O–H groups in total. The van der Waals surface area contributed by atoms with Crippen LogP contribution in [0.4, 0.5) is 10.2 Å². The van der Waals surface area contributed by atoms with E-state index >= 15 is 0 Å². The lowest BCUT2D eigenvalue weighted by molar-refractivity contribution is 0.579. The van der Waals surface area contributed by atoms with Crippen molar-refractivity contribution in [1.29, 1.82) is 5.26 Å². The van der Waals surface area contributed by atoms with Crippen LogP contribution in [0.3, 0.4) is 0 Å². The highest BCUT2D eigenvalue weighted by atomic mass is 32.2. The van der Waals surface area contributed by atoms with Gasteiger partial charge >= 0.3 is 0 Å². The van der Waals surface area contributed by atoms with Crippen molar-refractivity contribution in [2.45, 2.75) is 18.2 Å². The maximum atomic E-state index is 12.9. The normalized spacial score (nSPS) is 11.3. The largest absolute Gasteiger partial charge is 0.369 e. The van der Waals surface area contributed by atoms with Crippen LogP contribution in [0.15, 0.2) is 53.4 Å². The smallest absolute Gasteiger partial charge is 0.240 e. The van der Waals surface area contributed by atoms with Gasteiger partial charge in [-0.1, -0.05) is 12.1 Å². The summed E-state index contributed by atoms with van der Waals surface area (Å²) in [6, 6.07) is 14.4. The number of nitrogens with zero attached hydrogens (tertiary/aromatic N) is 2. The Morgan fingerprint density at radius 2 is 1.86 bits per heavy atom. The molecular weight excluding hydrogens is 379 g/mol. The topological polar surface area (TPSA) is 94.9 Å². The molecule has 0 radical (unpaired) electrons. The highest BCUT2D eigenvalue weighted by Crippen LogP contribution is 2.21. The minimum atomic E-state index is -3.68. The molecule has 0 unspecified atom stereocenters. The first-order chi connectivity index (χ1) is 13.4. The predicted octanol–water partition coefficient (Wildman–Crippen LogP) is 3.33. The van der Waals surface area contributed by atoms with Crippen LogP contribution < -0.4 is 10.0 Å². The standard InChI is InChI=1S/C20H19FN4O2S/c1-14-3-4-15-12-16(13-22)20(25-19(15)11-14)23-9-2-10-24-28(26,27)18-7-5-17(21)6-8-18/h3-8,11-12,24H,2,9-10H2,1H3,(H,23,25). The molecule has 0 atom stereocenters. The molecule has 144 valence electrons. The van der Waals surface area contributed by atoms with Gasteiger partial charge in [0.25, 0.3) is 0 Å². The van der Waals surface area contributed by atoms with Gasteiger partial charge in [-0.3, -0.25) is 0 Å². The molecule has 6 nitrogen and oxygen atoms in total. The predicted molar refractivity (Wildman–Crippen MR) is 106 cm³/mol. The molecule has 28 heavy (non-hydrogen) atoms. The number of halogens is 1. The molecule has 0 saturated carbocycles.